The largest absolute Gasteiger partial charge is 1.00 e. The molecule has 0 bridgehead atoms. The van der Waals surface area contributed by atoms with E-state index >= 15 is 0 Å². The van der Waals surface area contributed by atoms with E-state index in [2.05, 4.69) is 21.2 Å². The van der Waals surface area contributed by atoms with Crippen LogP contribution in [0, 0.1) is 0 Å². The number of hydrogen-bond donors (Lipinski definition) is 1. The molecule has 1 saturated heterocycles. The Hall–Kier alpha value is -1.59. The summed E-state index contributed by atoms with van der Waals surface area (Å²) < 4.78 is 38.3. The predicted octanol–water partition coefficient (Wildman–Crippen LogP) is 0.238. The van der Waals surface area contributed by atoms with Crippen molar-refractivity contribution in [3.63, 3.8) is 0 Å². The van der Waals surface area contributed by atoms with Crippen molar-refractivity contribution >= 4 is 27.6 Å². The zero-order valence-corrected chi connectivity index (χ0v) is 22.0. The fourth-order valence-corrected chi connectivity index (χ4v) is 6.16. The van der Waals surface area contributed by atoms with Crippen molar-refractivity contribution in [2.45, 2.75) is 57.5 Å². The molecule has 3 aliphatic rings. The van der Waals surface area contributed by atoms with Gasteiger partial charge in [-0.1, -0.05) is 6.07 Å². The Morgan fingerprint density at radius 2 is 1.91 bits per heavy atom. The van der Waals surface area contributed by atoms with Gasteiger partial charge in [-0.25, -0.2) is 8.42 Å². The van der Waals surface area contributed by atoms with Gasteiger partial charge in [0.1, 0.15) is 0 Å². The van der Waals surface area contributed by atoms with Crippen molar-refractivity contribution in [2.24, 2.45) is 7.05 Å². The molecule has 1 atom stereocenters. The number of nitrogens with zero attached hydrogens (tertiary/aromatic N) is 4. The number of carbonyl (C=O) groups excluding carboxylic acids is 1. The Labute approximate surface area is 216 Å². The van der Waals surface area contributed by atoms with Crippen LogP contribution < -0.4 is 39.2 Å². The van der Waals surface area contributed by atoms with Gasteiger partial charge in [0.2, 0.25) is 0 Å². The standard InChI is InChI=1S/C22H29N5O4S.Na/c1-26-13-17(12-23-26)27(14-18-7-4-10-31-18)32(29,30)25-22(28)24-21-19-8-2-5-15(19)11-16-6-3-9-20(16)21;/h11-13,18H,2-10,14H2,1H3,(H2,24,25,28);/q;+1/p-1/t18-;/m0./s1. The van der Waals surface area contributed by atoms with Gasteiger partial charge in [0.15, 0.2) is 6.03 Å². The monoisotopic (exact) mass is 481 g/mol. The molecule has 5 rings (SSSR count). The zero-order chi connectivity index (χ0) is 22.3. The molecule has 1 fully saturated rings. The molecule has 1 aromatic heterocycles. The van der Waals surface area contributed by atoms with Gasteiger partial charge in [-0.15, -0.1) is 0 Å². The summed E-state index contributed by atoms with van der Waals surface area (Å²) in [4.78, 5) is 12.9. The van der Waals surface area contributed by atoms with Gasteiger partial charge in [-0.3, -0.25) is 13.8 Å². The molecule has 2 amide bonds. The van der Waals surface area contributed by atoms with Gasteiger partial charge in [0, 0.05) is 19.9 Å². The molecular formula is C22H28N5NaO4S. The van der Waals surface area contributed by atoms with E-state index in [1.165, 1.54) is 22.0 Å². The summed E-state index contributed by atoms with van der Waals surface area (Å²) in [5, 5.41) is 6.92. The second-order valence-corrected chi connectivity index (χ2v) is 10.3. The first-order valence-electron chi connectivity index (χ1n) is 11.2. The molecule has 9 nitrogen and oxygen atoms in total. The molecule has 0 radical (unpaired) electrons. The number of aromatic nitrogens is 2. The van der Waals surface area contributed by atoms with Gasteiger partial charge < -0.3 is 14.8 Å². The van der Waals surface area contributed by atoms with E-state index in [0.717, 1.165) is 72.5 Å². The number of nitrogens with one attached hydrogen (secondary N) is 1. The number of rotatable bonds is 6. The summed E-state index contributed by atoms with van der Waals surface area (Å²) in [6, 6.07) is 1.40. The molecule has 0 spiro atoms. The van der Waals surface area contributed by atoms with Gasteiger partial charge >= 0.3 is 29.6 Å². The van der Waals surface area contributed by atoms with E-state index in [4.69, 9.17) is 4.74 Å². The van der Waals surface area contributed by atoms with Crippen LogP contribution in [0.2, 0.25) is 0 Å². The van der Waals surface area contributed by atoms with Crippen LogP contribution in [-0.2, 0) is 47.7 Å². The summed E-state index contributed by atoms with van der Waals surface area (Å²) in [6.07, 6.45) is 10.3. The molecule has 2 aromatic rings. The second kappa shape index (κ2) is 9.95. The number of hydrogen-bond acceptors (Lipinski definition) is 5. The normalized spacial score (nSPS) is 19.0. The first-order valence-corrected chi connectivity index (χ1v) is 12.6. The van der Waals surface area contributed by atoms with Crippen molar-refractivity contribution in [2.75, 3.05) is 22.8 Å². The van der Waals surface area contributed by atoms with Gasteiger partial charge in [-0.2, -0.15) is 5.10 Å². The molecule has 1 N–H and O–H groups in total. The first kappa shape index (κ1) is 24.5. The number of urea groups is 1. The van der Waals surface area contributed by atoms with Gasteiger partial charge in [0.05, 0.1) is 24.5 Å². The number of benzene rings is 1. The number of amides is 2. The zero-order valence-electron chi connectivity index (χ0n) is 19.2. The molecule has 172 valence electrons. The third kappa shape index (κ3) is 5.09. The van der Waals surface area contributed by atoms with Crippen molar-refractivity contribution in [3.8, 4) is 0 Å². The van der Waals surface area contributed by atoms with Crippen molar-refractivity contribution in [3.05, 3.63) is 45.4 Å². The van der Waals surface area contributed by atoms with Crippen molar-refractivity contribution in [1.29, 1.82) is 0 Å². The Morgan fingerprint density at radius 1 is 1.21 bits per heavy atom. The van der Waals surface area contributed by atoms with Crippen LogP contribution in [0.1, 0.15) is 47.9 Å². The summed E-state index contributed by atoms with van der Waals surface area (Å²) in [7, 11) is -2.57. The molecular weight excluding hydrogens is 453 g/mol. The maximum absolute atomic E-state index is 13.2. The predicted molar refractivity (Wildman–Crippen MR) is 121 cm³/mol. The van der Waals surface area contributed by atoms with Gasteiger partial charge in [-0.05, 0) is 79.3 Å². The summed E-state index contributed by atoms with van der Waals surface area (Å²) in [5.41, 5.74) is 5.94. The van der Waals surface area contributed by atoms with Crippen LogP contribution in [-0.4, -0.2) is 43.5 Å². The Kier molecular flexibility index (Phi) is 7.40. The summed E-state index contributed by atoms with van der Waals surface area (Å²) in [6.45, 7) is 0.703. The molecule has 33 heavy (non-hydrogen) atoms. The fraction of sp³-hybridized carbons (Fsp3) is 0.545. The number of aryl methyl sites for hydroxylation is 3. The minimum Gasteiger partial charge on any atom is -0.423 e. The minimum absolute atomic E-state index is 0. The number of anilines is 2. The third-order valence-corrected chi connectivity index (χ3v) is 7.87. The molecule has 2 aliphatic carbocycles. The second-order valence-electron chi connectivity index (χ2n) is 8.77. The first-order chi connectivity index (χ1) is 15.4. The van der Waals surface area contributed by atoms with E-state index < -0.39 is 16.2 Å². The van der Waals surface area contributed by atoms with Crippen LogP contribution in [0.15, 0.2) is 18.5 Å². The average Bonchev–Trinajstić information content (AvgIpc) is 3.52. The van der Waals surface area contributed by atoms with Gasteiger partial charge in [0.25, 0.3) is 10.2 Å². The molecule has 0 unspecified atom stereocenters. The Balaban J connectivity index is 0.00000259. The summed E-state index contributed by atoms with van der Waals surface area (Å²) >= 11 is 0. The average molecular weight is 482 g/mol. The fourth-order valence-electron chi connectivity index (χ4n) is 5.09. The SMILES string of the molecule is Cn1cc(N(C[C@@H]2CCCO2)S(=O)(=O)[N-]C(=O)Nc2c3c(cc4c2CCC4)CCC3)cn1.[Na+]. The Morgan fingerprint density at radius 3 is 2.48 bits per heavy atom. The molecule has 1 aliphatic heterocycles. The topological polar surface area (TPSA) is 108 Å². The van der Waals surface area contributed by atoms with Crippen LogP contribution in [0.5, 0.6) is 0 Å². The Bertz CT molecular complexity index is 1110. The van der Waals surface area contributed by atoms with E-state index in [-0.39, 0.29) is 42.2 Å². The molecule has 1 aromatic carbocycles. The van der Waals surface area contributed by atoms with Crippen LogP contribution >= 0.6 is 0 Å². The van der Waals surface area contributed by atoms with E-state index in [0.29, 0.717) is 12.3 Å². The molecule has 2 heterocycles. The number of fused-ring (bicyclic) bond motifs is 2. The molecule has 11 heteroatoms. The van der Waals surface area contributed by atoms with Crippen LogP contribution in [0.3, 0.4) is 0 Å². The molecule has 0 saturated carbocycles. The maximum Gasteiger partial charge on any atom is 1.00 e. The number of carbonyl (C=O) groups is 1. The van der Waals surface area contributed by atoms with E-state index in [9.17, 15) is 13.2 Å². The summed E-state index contributed by atoms with van der Waals surface area (Å²) in [5.74, 6) is 0. The quantitative estimate of drug-likeness (QED) is 0.595. The van der Waals surface area contributed by atoms with Crippen molar-refractivity contribution in [1.82, 2.24) is 9.78 Å². The third-order valence-electron chi connectivity index (χ3n) is 6.55. The minimum atomic E-state index is -4.28. The van der Waals surface area contributed by atoms with Crippen LogP contribution in [0.25, 0.3) is 4.72 Å². The smallest absolute Gasteiger partial charge is 0.423 e. The number of ether oxygens (including phenoxy) is 1. The van der Waals surface area contributed by atoms with E-state index in [1.807, 2.05) is 0 Å². The van der Waals surface area contributed by atoms with Crippen LogP contribution in [0.4, 0.5) is 16.2 Å². The maximum atomic E-state index is 13.2. The van der Waals surface area contributed by atoms with E-state index in [1.54, 1.807) is 13.2 Å². The van der Waals surface area contributed by atoms with Crippen molar-refractivity contribution < 1.29 is 47.5 Å².